The molecule has 0 aliphatic heterocycles. The minimum Gasteiger partial charge on any atom is -0.326 e. The summed E-state index contributed by atoms with van der Waals surface area (Å²) in [4.78, 5) is 28.9. The summed E-state index contributed by atoms with van der Waals surface area (Å²) in [5.74, 6) is -1.10. The maximum Gasteiger partial charge on any atom is 0.257 e. The predicted octanol–water partition coefficient (Wildman–Crippen LogP) is 4.52. The van der Waals surface area contributed by atoms with Crippen molar-refractivity contribution < 1.29 is 14.0 Å². The molecule has 9 heteroatoms. The molecule has 0 saturated heterocycles. The lowest BCUT2D eigenvalue weighted by Gasteiger charge is -2.09. The van der Waals surface area contributed by atoms with Gasteiger partial charge in [-0.2, -0.15) is 5.10 Å². The van der Waals surface area contributed by atoms with Gasteiger partial charge in [-0.1, -0.05) is 18.2 Å². The molecule has 0 unspecified atom stereocenters. The Kier molecular flexibility index (Phi) is 6.09. The van der Waals surface area contributed by atoms with Crippen molar-refractivity contribution in [1.29, 1.82) is 0 Å². The Labute approximate surface area is 187 Å². The summed E-state index contributed by atoms with van der Waals surface area (Å²) in [6.45, 7) is 3.69. The van der Waals surface area contributed by atoms with E-state index in [9.17, 15) is 14.0 Å². The Bertz CT molecular complexity index is 1280. The lowest BCUT2D eigenvalue weighted by Crippen LogP contribution is -2.15. The summed E-state index contributed by atoms with van der Waals surface area (Å²) in [6.07, 6.45) is -0.00145. The van der Waals surface area contributed by atoms with E-state index in [1.54, 1.807) is 41.8 Å². The number of aryl methyl sites for hydroxylation is 2. The molecule has 2 aromatic heterocycles. The number of benzene rings is 2. The normalized spacial score (nSPS) is 10.7. The van der Waals surface area contributed by atoms with Crippen LogP contribution in [0, 0.1) is 19.7 Å². The number of anilines is 2. The van der Waals surface area contributed by atoms with Crippen LogP contribution in [0.25, 0.3) is 5.69 Å². The molecule has 2 amide bonds. The molecule has 0 spiro atoms. The molecular weight excluding hydrogens is 429 g/mol. The van der Waals surface area contributed by atoms with Crippen LogP contribution in [0.5, 0.6) is 0 Å². The molecule has 2 N–H and O–H groups in total. The van der Waals surface area contributed by atoms with E-state index in [1.165, 1.54) is 22.1 Å². The van der Waals surface area contributed by atoms with Gasteiger partial charge in [0.15, 0.2) is 10.9 Å². The van der Waals surface area contributed by atoms with Crippen molar-refractivity contribution in [2.45, 2.75) is 20.3 Å². The van der Waals surface area contributed by atoms with Crippen LogP contribution in [0.3, 0.4) is 0 Å². The molecule has 4 aromatic rings. The summed E-state index contributed by atoms with van der Waals surface area (Å²) in [5, 5.41) is 11.8. The van der Waals surface area contributed by atoms with Crippen LogP contribution in [0.2, 0.25) is 0 Å². The van der Waals surface area contributed by atoms with E-state index < -0.39 is 5.82 Å². The molecule has 0 radical (unpaired) electrons. The van der Waals surface area contributed by atoms with Gasteiger partial charge in [0.05, 0.1) is 17.8 Å². The fourth-order valence-corrected chi connectivity index (χ4v) is 3.91. The van der Waals surface area contributed by atoms with Crippen LogP contribution >= 0.6 is 11.3 Å². The SMILES string of the molecule is Cc1cc(C)n(-c2ccc(NC(=O)Cc3csc(NC(=O)c4ccccc4)n3)cc2F)n1. The van der Waals surface area contributed by atoms with Crippen LogP contribution in [0.1, 0.15) is 27.4 Å². The van der Waals surface area contributed by atoms with Crippen molar-refractivity contribution in [3.63, 3.8) is 0 Å². The number of aromatic nitrogens is 3. The maximum atomic E-state index is 14.6. The number of nitrogens with zero attached hydrogens (tertiary/aromatic N) is 3. The van der Waals surface area contributed by atoms with Gasteiger partial charge in [-0.25, -0.2) is 14.1 Å². The molecule has 162 valence electrons. The fraction of sp³-hybridized carbons (Fsp3) is 0.130. The maximum absolute atomic E-state index is 14.6. The molecule has 7 nitrogen and oxygen atoms in total. The Balaban J connectivity index is 1.37. The number of nitrogens with one attached hydrogen (secondary N) is 2. The first-order chi connectivity index (χ1) is 15.4. The van der Waals surface area contributed by atoms with Crippen molar-refractivity contribution in [1.82, 2.24) is 14.8 Å². The van der Waals surface area contributed by atoms with E-state index in [0.29, 0.717) is 27.8 Å². The van der Waals surface area contributed by atoms with E-state index in [1.807, 2.05) is 26.0 Å². The largest absolute Gasteiger partial charge is 0.326 e. The quantitative estimate of drug-likeness (QED) is 0.453. The summed E-state index contributed by atoms with van der Waals surface area (Å²) in [6, 6.07) is 15.1. The van der Waals surface area contributed by atoms with Crippen molar-refractivity contribution >= 4 is 34.0 Å². The summed E-state index contributed by atoms with van der Waals surface area (Å²) < 4.78 is 16.1. The molecular formula is C23H20FN5O2S. The van der Waals surface area contributed by atoms with Crippen LogP contribution in [0.15, 0.2) is 60.0 Å². The molecule has 0 aliphatic rings. The van der Waals surface area contributed by atoms with Gasteiger partial charge in [0, 0.05) is 22.3 Å². The second-order valence-corrected chi connectivity index (χ2v) is 8.05. The predicted molar refractivity (Wildman–Crippen MR) is 122 cm³/mol. The number of amides is 2. The van der Waals surface area contributed by atoms with Crippen molar-refractivity contribution in [2.75, 3.05) is 10.6 Å². The molecule has 2 aromatic carbocycles. The standard InChI is InChI=1S/C23H20FN5O2S/c1-14-10-15(2)29(28-14)20-9-8-17(11-19(20)24)25-21(30)12-18-13-32-23(26-18)27-22(31)16-6-4-3-5-7-16/h3-11,13H,12H2,1-2H3,(H,25,30)(H,26,27,31). The Hall–Kier alpha value is -3.85. The zero-order valence-electron chi connectivity index (χ0n) is 17.4. The zero-order chi connectivity index (χ0) is 22.7. The average Bonchev–Trinajstić information content (AvgIpc) is 3.33. The summed E-state index contributed by atoms with van der Waals surface area (Å²) in [7, 11) is 0. The van der Waals surface area contributed by atoms with Crippen molar-refractivity contribution in [2.24, 2.45) is 0 Å². The Morgan fingerprint density at radius 3 is 2.53 bits per heavy atom. The van der Waals surface area contributed by atoms with Crippen molar-refractivity contribution in [3.05, 3.63) is 88.4 Å². The molecule has 0 saturated carbocycles. The molecule has 0 aliphatic carbocycles. The average molecular weight is 450 g/mol. The minimum absolute atomic E-state index is 0.00145. The highest BCUT2D eigenvalue weighted by molar-refractivity contribution is 7.14. The van der Waals surface area contributed by atoms with E-state index in [0.717, 1.165) is 11.4 Å². The first kappa shape index (κ1) is 21.4. The minimum atomic E-state index is -0.492. The van der Waals surface area contributed by atoms with E-state index in [4.69, 9.17) is 0 Å². The zero-order valence-corrected chi connectivity index (χ0v) is 18.2. The molecule has 0 fully saturated rings. The number of hydrogen-bond acceptors (Lipinski definition) is 5. The fourth-order valence-electron chi connectivity index (χ4n) is 3.20. The first-order valence-electron chi connectivity index (χ1n) is 9.83. The smallest absolute Gasteiger partial charge is 0.257 e. The lowest BCUT2D eigenvalue weighted by atomic mass is 10.2. The monoisotopic (exact) mass is 449 g/mol. The van der Waals surface area contributed by atoms with Crippen molar-refractivity contribution in [3.8, 4) is 5.69 Å². The number of carbonyl (C=O) groups excluding carboxylic acids is 2. The number of halogens is 1. The van der Waals surface area contributed by atoms with Crippen LogP contribution in [-0.4, -0.2) is 26.6 Å². The number of thiazole rings is 1. The molecule has 0 atom stereocenters. The number of carbonyl (C=O) groups is 2. The molecule has 0 bridgehead atoms. The first-order valence-corrected chi connectivity index (χ1v) is 10.7. The molecule has 2 heterocycles. The number of hydrogen-bond donors (Lipinski definition) is 2. The number of rotatable bonds is 6. The van der Waals surface area contributed by atoms with Gasteiger partial charge in [0.25, 0.3) is 5.91 Å². The third-order valence-corrected chi connectivity index (χ3v) is 5.43. The van der Waals surface area contributed by atoms with Gasteiger partial charge >= 0.3 is 0 Å². The van der Waals surface area contributed by atoms with Gasteiger partial charge in [0.1, 0.15) is 5.69 Å². The topological polar surface area (TPSA) is 88.9 Å². The van der Waals surface area contributed by atoms with Gasteiger partial charge < -0.3 is 5.32 Å². The highest BCUT2D eigenvalue weighted by Crippen LogP contribution is 2.21. The highest BCUT2D eigenvalue weighted by atomic mass is 32.1. The van der Waals surface area contributed by atoms with Gasteiger partial charge in [0.2, 0.25) is 5.91 Å². The summed E-state index contributed by atoms with van der Waals surface area (Å²) in [5.41, 5.74) is 3.29. The summed E-state index contributed by atoms with van der Waals surface area (Å²) >= 11 is 1.23. The van der Waals surface area contributed by atoms with E-state index in [2.05, 4.69) is 20.7 Å². The van der Waals surface area contributed by atoms with Crippen LogP contribution < -0.4 is 10.6 Å². The van der Waals surface area contributed by atoms with Gasteiger partial charge in [-0.3, -0.25) is 14.9 Å². The third-order valence-electron chi connectivity index (χ3n) is 4.62. The molecule has 32 heavy (non-hydrogen) atoms. The van der Waals surface area contributed by atoms with E-state index >= 15 is 0 Å². The second kappa shape index (κ2) is 9.11. The Morgan fingerprint density at radius 2 is 1.84 bits per heavy atom. The van der Waals surface area contributed by atoms with Crippen LogP contribution in [-0.2, 0) is 11.2 Å². The molecule has 4 rings (SSSR count). The lowest BCUT2D eigenvalue weighted by molar-refractivity contribution is -0.115. The third kappa shape index (κ3) is 4.89. The highest BCUT2D eigenvalue weighted by Gasteiger charge is 2.13. The van der Waals surface area contributed by atoms with E-state index in [-0.39, 0.29) is 18.2 Å². The Morgan fingerprint density at radius 1 is 1.06 bits per heavy atom. The second-order valence-electron chi connectivity index (χ2n) is 7.19. The van der Waals surface area contributed by atoms with Gasteiger partial charge in [-0.15, -0.1) is 11.3 Å². The van der Waals surface area contributed by atoms with Gasteiger partial charge in [-0.05, 0) is 50.2 Å². The van der Waals surface area contributed by atoms with Crippen LogP contribution in [0.4, 0.5) is 15.2 Å².